The molecule has 2 aromatic rings. The molecular weight excluding hydrogens is 312 g/mol. The van der Waals surface area contributed by atoms with Crippen LogP contribution in [0.2, 0.25) is 0 Å². The Labute approximate surface area is 139 Å². The molecule has 0 spiro atoms. The minimum absolute atomic E-state index is 0.283. The Bertz CT molecular complexity index is 723. The van der Waals surface area contributed by atoms with Crippen LogP contribution in [0.4, 0.5) is 11.4 Å². The summed E-state index contributed by atoms with van der Waals surface area (Å²) in [4.78, 5) is 23.8. The smallest absolute Gasteiger partial charge is 0.338 e. The van der Waals surface area contributed by atoms with Crippen LogP contribution in [-0.4, -0.2) is 32.7 Å². The van der Waals surface area contributed by atoms with Gasteiger partial charge in [-0.25, -0.2) is 4.79 Å². The third-order valence-corrected chi connectivity index (χ3v) is 3.09. The number of benzene rings is 2. The van der Waals surface area contributed by atoms with E-state index in [0.717, 1.165) is 0 Å². The Morgan fingerprint density at radius 3 is 2.29 bits per heavy atom. The predicted molar refractivity (Wildman–Crippen MR) is 89.3 cm³/mol. The fourth-order valence-corrected chi connectivity index (χ4v) is 1.96. The van der Waals surface area contributed by atoms with E-state index >= 15 is 0 Å². The van der Waals surface area contributed by atoms with Crippen LogP contribution in [0.5, 0.6) is 11.5 Å². The zero-order valence-corrected chi connectivity index (χ0v) is 13.4. The summed E-state index contributed by atoms with van der Waals surface area (Å²) in [5, 5.41) is 2.61. The van der Waals surface area contributed by atoms with Gasteiger partial charge in [-0.1, -0.05) is 6.07 Å². The minimum atomic E-state index is -0.624. The van der Waals surface area contributed by atoms with E-state index in [2.05, 4.69) is 5.32 Å². The lowest BCUT2D eigenvalue weighted by molar-refractivity contribution is -0.119. The number of nitrogens with two attached hydrogens (primary N) is 1. The second kappa shape index (κ2) is 7.87. The standard InChI is InChI=1S/C17H18N2O5/c1-22-14-7-13(8-15(9-14)23-2)19-16(20)10-24-17(21)11-4-3-5-12(18)6-11/h3-9H,10,18H2,1-2H3,(H,19,20). The number of ether oxygens (including phenoxy) is 3. The van der Waals surface area contributed by atoms with Gasteiger partial charge in [-0.2, -0.15) is 0 Å². The van der Waals surface area contributed by atoms with Crippen molar-refractivity contribution in [2.24, 2.45) is 0 Å². The average Bonchev–Trinajstić information content (AvgIpc) is 2.59. The van der Waals surface area contributed by atoms with Gasteiger partial charge < -0.3 is 25.3 Å². The predicted octanol–water partition coefficient (Wildman–Crippen LogP) is 2.08. The van der Waals surface area contributed by atoms with Gasteiger partial charge in [-0.3, -0.25) is 4.79 Å². The molecule has 2 rings (SSSR count). The van der Waals surface area contributed by atoms with E-state index in [1.165, 1.54) is 20.3 Å². The van der Waals surface area contributed by atoms with Gasteiger partial charge in [0.2, 0.25) is 0 Å². The van der Waals surface area contributed by atoms with Crippen LogP contribution in [0.1, 0.15) is 10.4 Å². The lowest BCUT2D eigenvalue weighted by atomic mass is 10.2. The third-order valence-electron chi connectivity index (χ3n) is 3.09. The van der Waals surface area contributed by atoms with E-state index in [1.54, 1.807) is 36.4 Å². The van der Waals surface area contributed by atoms with E-state index < -0.39 is 18.5 Å². The maximum absolute atomic E-state index is 11.9. The molecule has 0 radical (unpaired) electrons. The highest BCUT2D eigenvalue weighted by Crippen LogP contribution is 2.25. The highest BCUT2D eigenvalue weighted by atomic mass is 16.5. The number of esters is 1. The van der Waals surface area contributed by atoms with E-state index in [9.17, 15) is 9.59 Å². The number of carbonyl (C=O) groups excluding carboxylic acids is 2. The molecule has 0 bridgehead atoms. The summed E-state index contributed by atoms with van der Waals surface area (Å²) >= 11 is 0. The fourth-order valence-electron chi connectivity index (χ4n) is 1.96. The van der Waals surface area contributed by atoms with Crippen LogP contribution in [0.25, 0.3) is 0 Å². The Kier molecular flexibility index (Phi) is 5.62. The SMILES string of the molecule is COc1cc(NC(=O)COC(=O)c2cccc(N)c2)cc(OC)c1. The van der Waals surface area contributed by atoms with Crippen molar-refractivity contribution in [3.63, 3.8) is 0 Å². The number of hydrogen-bond acceptors (Lipinski definition) is 6. The number of methoxy groups -OCH3 is 2. The van der Waals surface area contributed by atoms with Gasteiger partial charge >= 0.3 is 5.97 Å². The molecule has 0 atom stereocenters. The summed E-state index contributed by atoms with van der Waals surface area (Å²) in [6.07, 6.45) is 0. The van der Waals surface area contributed by atoms with Crippen LogP contribution < -0.4 is 20.5 Å². The van der Waals surface area contributed by atoms with Gasteiger partial charge in [0.05, 0.1) is 19.8 Å². The largest absolute Gasteiger partial charge is 0.497 e. The maximum atomic E-state index is 11.9. The monoisotopic (exact) mass is 330 g/mol. The topological polar surface area (TPSA) is 99.9 Å². The second-order valence-corrected chi connectivity index (χ2v) is 4.85. The molecule has 0 saturated carbocycles. The highest BCUT2D eigenvalue weighted by molar-refractivity contribution is 5.96. The Morgan fingerprint density at radius 2 is 1.71 bits per heavy atom. The molecule has 0 aliphatic carbocycles. The fraction of sp³-hybridized carbons (Fsp3) is 0.176. The van der Waals surface area contributed by atoms with Crippen molar-refractivity contribution in [3.05, 3.63) is 48.0 Å². The lowest BCUT2D eigenvalue weighted by Crippen LogP contribution is -2.21. The van der Waals surface area contributed by atoms with Crippen LogP contribution in [-0.2, 0) is 9.53 Å². The average molecular weight is 330 g/mol. The minimum Gasteiger partial charge on any atom is -0.497 e. The second-order valence-electron chi connectivity index (χ2n) is 4.85. The van der Waals surface area contributed by atoms with Gasteiger partial charge in [-0.05, 0) is 18.2 Å². The first-order valence-electron chi connectivity index (χ1n) is 7.07. The molecule has 3 N–H and O–H groups in total. The number of anilines is 2. The molecule has 0 unspecified atom stereocenters. The number of carbonyl (C=O) groups is 2. The van der Waals surface area contributed by atoms with Crippen molar-refractivity contribution >= 4 is 23.3 Å². The molecular formula is C17H18N2O5. The Morgan fingerprint density at radius 1 is 1.04 bits per heavy atom. The summed E-state index contributed by atoms with van der Waals surface area (Å²) in [7, 11) is 3.02. The van der Waals surface area contributed by atoms with Crippen LogP contribution in [0, 0.1) is 0 Å². The summed E-state index contributed by atoms with van der Waals surface area (Å²) in [5.41, 5.74) is 6.79. The van der Waals surface area contributed by atoms with E-state index in [-0.39, 0.29) is 5.56 Å². The maximum Gasteiger partial charge on any atom is 0.338 e. The first-order valence-corrected chi connectivity index (χ1v) is 7.07. The molecule has 0 aromatic heterocycles. The van der Waals surface area contributed by atoms with Crippen molar-refractivity contribution in [1.29, 1.82) is 0 Å². The van der Waals surface area contributed by atoms with Crippen LogP contribution >= 0.6 is 0 Å². The molecule has 0 heterocycles. The number of nitrogen functional groups attached to an aromatic ring is 1. The normalized spacial score (nSPS) is 9.92. The number of nitrogens with one attached hydrogen (secondary N) is 1. The van der Waals surface area contributed by atoms with Gasteiger partial charge in [0.1, 0.15) is 11.5 Å². The molecule has 0 fully saturated rings. The summed E-state index contributed by atoms with van der Waals surface area (Å²) in [6.45, 7) is -0.423. The number of hydrogen-bond donors (Lipinski definition) is 2. The number of rotatable bonds is 6. The van der Waals surface area contributed by atoms with E-state index in [0.29, 0.717) is 22.9 Å². The summed E-state index contributed by atoms with van der Waals surface area (Å²) in [6, 6.07) is 11.3. The molecule has 0 aliphatic rings. The molecule has 24 heavy (non-hydrogen) atoms. The van der Waals surface area contributed by atoms with Crippen molar-refractivity contribution in [2.75, 3.05) is 31.9 Å². The van der Waals surface area contributed by atoms with E-state index in [4.69, 9.17) is 19.9 Å². The molecule has 7 nitrogen and oxygen atoms in total. The third kappa shape index (κ3) is 4.64. The van der Waals surface area contributed by atoms with Gasteiger partial charge in [0.15, 0.2) is 6.61 Å². The van der Waals surface area contributed by atoms with Gasteiger partial charge in [-0.15, -0.1) is 0 Å². The van der Waals surface area contributed by atoms with Crippen molar-refractivity contribution < 1.29 is 23.8 Å². The molecule has 7 heteroatoms. The zero-order chi connectivity index (χ0) is 17.5. The highest BCUT2D eigenvalue weighted by Gasteiger charge is 2.11. The lowest BCUT2D eigenvalue weighted by Gasteiger charge is -2.10. The molecule has 2 aromatic carbocycles. The van der Waals surface area contributed by atoms with Crippen molar-refractivity contribution in [2.45, 2.75) is 0 Å². The molecule has 0 aliphatic heterocycles. The quantitative estimate of drug-likeness (QED) is 0.621. The van der Waals surface area contributed by atoms with Crippen LogP contribution in [0.15, 0.2) is 42.5 Å². The number of amides is 1. The van der Waals surface area contributed by atoms with Crippen molar-refractivity contribution in [3.8, 4) is 11.5 Å². The molecule has 126 valence electrons. The first kappa shape index (κ1) is 17.1. The van der Waals surface area contributed by atoms with E-state index in [1.807, 2.05) is 0 Å². The molecule has 0 saturated heterocycles. The Hall–Kier alpha value is -3.22. The zero-order valence-electron chi connectivity index (χ0n) is 13.4. The van der Waals surface area contributed by atoms with Crippen LogP contribution in [0.3, 0.4) is 0 Å². The van der Waals surface area contributed by atoms with Gasteiger partial charge in [0.25, 0.3) is 5.91 Å². The Balaban J connectivity index is 1.95. The van der Waals surface area contributed by atoms with Gasteiger partial charge in [0, 0.05) is 29.6 Å². The summed E-state index contributed by atoms with van der Waals surface area (Å²) in [5.74, 6) is -0.0500. The summed E-state index contributed by atoms with van der Waals surface area (Å²) < 4.78 is 15.2. The molecule has 1 amide bonds. The first-order chi connectivity index (χ1) is 11.5. The van der Waals surface area contributed by atoms with Crippen molar-refractivity contribution in [1.82, 2.24) is 0 Å².